The lowest BCUT2D eigenvalue weighted by Gasteiger charge is -2.10. The van der Waals surface area contributed by atoms with E-state index in [1.807, 2.05) is 13.8 Å². The molecule has 0 spiro atoms. The highest BCUT2D eigenvalue weighted by molar-refractivity contribution is 5.94. The third-order valence-electron chi connectivity index (χ3n) is 2.70. The van der Waals surface area contributed by atoms with Gasteiger partial charge in [0.15, 0.2) is 5.82 Å². The van der Waals surface area contributed by atoms with E-state index in [9.17, 15) is 4.79 Å². The molecule has 6 nitrogen and oxygen atoms in total. The van der Waals surface area contributed by atoms with Crippen LogP contribution < -0.4 is 11.1 Å². The summed E-state index contributed by atoms with van der Waals surface area (Å²) in [5.41, 5.74) is 7.63. The van der Waals surface area contributed by atoms with Crippen molar-refractivity contribution in [2.24, 2.45) is 5.73 Å². The van der Waals surface area contributed by atoms with Gasteiger partial charge in [0, 0.05) is 25.0 Å². The van der Waals surface area contributed by atoms with Crippen molar-refractivity contribution in [2.45, 2.75) is 32.7 Å². The number of aryl methyl sites for hydroxylation is 1. The molecule has 1 unspecified atom stereocenters. The van der Waals surface area contributed by atoms with Crippen LogP contribution in [0.25, 0.3) is 0 Å². The first-order valence-corrected chi connectivity index (χ1v) is 5.63. The Hall–Kier alpha value is -1.40. The van der Waals surface area contributed by atoms with Gasteiger partial charge < -0.3 is 15.8 Å². The lowest BCUT2D eigenvalue weighted by atomic mass is 10.1. The SMILES string of the molecule is COCCCC(N)C(=O)Nc1n[nH]c(C)c1C. The zero-order valence-corrected chi connectivity index (χ0v) is 10.5. The molecule has 0 bridgehead atoms. The van der Waals surface area contributed by atoms with E-state index in [2.05, 4.69) is 15.5 Å². The summed E-state index contributed by atoms with van der Waals surface area (Å²) in [5.74, 6) is 0.338. The van der Waals surface area contributed by atoms with Crippen molar-refractivity contribution in [1.82, 2.24) is 10.2 Å². The van der Waals surface area contributed by atoms with E-state index in [1.165, 1.54) is 0 Å². The number of rotatable bonds is 6. The molecule has 0 aliphatic rings. The molecule has 0 fully saturated rings. The number of carbonyl (C=O) groups excluding carboxylic acids is 1. The number of nitrogens with one attached hydrogen (secondary N) is 2. The maximum Gasteiger partial charge on any atom is 0.242 e. The zero-order valence-electron chi connectivity index (χ0n) is 10.5. The third kappa shape index (κ3) is 3.83. The Morgan fingerprint density at radius 1 is 1.59 bits per heavy atom. The first-order valence-electron chi connectivity index (χ1n) is 5.63. The Labute approximate surface area is 101 Å². The molecule has 1 heterocycles. The minimum atomic E-state index is -0.526. The minimum Gasteiger partial charge on any atom is -0.385 e. The standard InChI is InChI=1S/C11H20N4O2/c1-7-8(2)14-15-10(7)13-11(16)9(12)5-4-6-17-3/h9H,4-6,12H2,1-3H3,(H2,13,14,15,16). The predicted octanol–water partition coefficient (Wildman–Crippen LogP) is 0.719. The lowest BCUT2D eigenvalue weighted by Crippen LogP contribution is -2.36. The number of hydrogen-bond acceptors (Lipinski definition) is 4. The number of nitrogens with two attached hydrogens (primary N) is 1. The summed E-state index contributed by atoms with van der Waals surface area (Å²) in [4.78, 5) is 11.7. The van der Waals surface area contributed by atoms with E-state index in [0.29, 0.717) is 18.8 Å². The quantitative estimate of drug-likeness (QED) is 0.639. The second kappa shape index (κ2) is 6.36. The molecule has 0 saturated heterocycles. The molecule has 1 aromatic rings. The van der Waals surface area contributed by atoms with E-state index >= 15 is 0 Å². The molecule has 0 saturated carbocycles. The molecule has 17 heavy (non-hydrogen) atoms. The van der Waals surface area contributed by atoms with Crippen LogP contribution in [0.15, 0.2) is 0 Å². The molecule has 4 N–H and O–H groups in total. The second-order valence-electron chi connectivity index (χ2n) is 4.05. The summed E-state index contributed by atoms with van der Waals surface area (Å²) in [6, 6.07) is -0.526. The van der Waals surface area contributed by atoms with Gasteiger partial charge in [0.05, 0.1) is 6.04 Å². The Morgan fingerprint density at radius 3 is 2.82 bits per heavy atom. The molecular formula is C11H20N4O2. The van der Waals surface area contributed by atoms with Gasteiger partial charge >= 0.3 is 0 Å². The average molecular weight is 240 g/mol. The van der Waals surface area contributed by atoms with Gasteiger partial charge in [-0.15, -0.1) is 0 Å². The Balaban J connectivity index is 2.46. The van der Waals surface area contributed by atoms with Crippen LogP contribution in [-0.4, -0.2) is 35.9 Å². The van der Waals surface area contributed by atoms with E-state index in [1.54, 1.807) is 7.11 Å². The Bertz CT molecular complexity index is 376. The number of anilines is 1. The highest BCUT2D eigenvalue weighted by Gasteiger charge is 2.15. The molecule has 1 amide bonds. The molecule has 0 aliphatic heterocycles. The van der Waals surface area contributed by atoms with Gasteiger partial charge in [-0.1, -0.05) is 0 Å². The van der Waals surface area contributed by atoms with Crippen molar-refractivity contribution < 1.29 is 9.53 Å². The van der Waals surface area contributed by atoms with Gasteiger partial charge in [0.2, 0.25) is 5.91 Å². The Kier molecular flexibility index (Phi) is 5.11. The molecule has 0 aliphatic carbocycles. The van der Waals surface area contributed by atoms with Crippen molar-refractivity contribution in [1.29, 1.82) is 0 Å². The van der Waals surface area contributed by atoms with E-state index in [-0.39, 0.29) is 5.91 Å². The summed E-state index contributed by atoms with van der Waals surface area (Å²) < 4.78 is 4.91. The smallest absolute Gasteiger partial charge is 0.242 e. The van der Waals surface area contributed by atoms with Crippen molar-refractivity contribution in [3.05, 3.63) is 11.3 Å². The normalized spacial score (nSPS) is 12.5. The Morgan fingerprint density at radius 2 is 2.29 bits per heavy atom. The van der Waals surface area contributed by atoms with Crippen LogP contribution in [-0.2, 0) is 9.53 Å². The molecule has 96 valence electrons. The number of nitrogens with zero attached hydrogens (tertiary/aromatic N) is 1. The first-order chi connectivity index (χ1) is 8.06. The molecule has 0 radical (unpaired) electrons. The number of carbonyl (C=O) groups is 1. The number of methoxy groups -OCH3 is 1. The number of aromatic amines is 1. The largest absolute Gasteiger partial charge is 0.385 e. The summed E-state index contributed by atoms with van der Waals surface area (Å²) in [6.07, 6.45) is 1.37. The van der Waals surface area contributed by atoms with Gasteiger partial charge in [-0.2, -0.15) is 5.10 Å². The molecule has 1 rings (SSSR count). The van der Waals surface area contributed by atoms with E-state index < -0.39 is 6.04 Å². The number of ether oxygens (including phenoxy) is 1. The lowest BCUT2D eigenvalue weighted by molar-refractivity contribution is -0.117. The summed E-state index contributed by atoms with van der Waals surface area (Å²) in [7, 11) is 1.63. The minimum absolute atomic E-state index is 0.212. The van der Waals surface area contributed by atoms with Crippen LogP contribution in [0.3, 0.4) is 0 Å². The van der Waals surface area contributed by atoms with Crippen molar-refractivity contribution >= 4 is 11.7 Å². The average Bonchev–Trinajstić information content (AvgIpc) is 2.61. The molecule has 1 aromatic heterocycles. The summed E-state index contributed by atoms with van der Waals surface area (Å²) in [6.45, 7) is 4.41. The number of hydrogen-bond donors (Lipinski definition) is 3. The molecule has 6 heteroatoms. The van der Waals surface area contributed by atoms with Crippen LogP contribution in [0.4, 0.5) is 5.82 Å². The first kappa shape index (κ1) is 13.7. The fourth-order valence-corrected chi connectivity index (χ4v) is 1.39. The summed E-state index contributed by atoms with van der Waals surface area (Å²) in [5, 5.41) is 9.52. The van der Waals surface area contributed by atoms with Gasteiger partial charge in [-0.05, 0) is 26.7 Å². The van der Waals surface area contributed by atoms with Gasteiger partial charge in [0.1, 0.15) is 0 Å². The van der Waals surface area contributed by atoms with Gasteiger partial charge in [0.25, 0.3) is 0 Å². The molecular weight excluding hydrogens is 220 g/mol. The monoisotopic (exact) mass is 240 g/mol. The van der Waals surface area contributed by atoms with E-state index in [0.717, 1.165) is 17.7 Å². The molecule has 0 aromatic carbocycles. The zero-order chi connectivity index (χ0) is 12.8. The fourth-order valence-electron chi connectivity index (χ4n) is 1.39. The maximum atomic E-state index is 11.7. The highest BCUT2D eigenvalue weighted by Crippen LogP contribution is 2.14. The van der Waals surface area contributed by atoms with Crippen molar-refractivity contribution in [2.75, 3.05) is 19.0 Å². The van der Waals surface area contributed by atoms with Gasteiger partial charge in [-0.25, -0.2) is 0 Å². The van der Waals surface area contributed by atoms with Crippen molar-refractivity contribution in [3.63, 3.8) is 0 Å². The summed E-state index contributed by atoms with van der Waals surface area (Å²) >= 11 is 0. The van der Waals surface area contributed by atoms with Crippen LogP contribution in [0, 0.1) is 13.8 Å². The number of aromatic nitrogens is 2. The topological polar surface area (TPSA) is 93.0 Å². The van der Waals surface area contributed by atoms with Crippen LogP contribution in [0.2, 0.25) is 0 Å². The predicted molar refractivity (Wildman–Crippen MR) is 65.8 cm³/mol. The number of H-pyrrole nitrogens is 1. The second-order valence-corrected chi connectivity index (χ2v) is 4.05. The highest BCUT2D eigenvalue weighted by atomic mass is 16.5. The van der Waals surface area contributed by atoms with Gasteiger partial charge in [-0.3, -0.25) is 9.89 Å². The number of amides is 1. The maximum absolute atomic E-state index is 11.7. The fraction of sp³-hybridized carbons (Fsp3) is 0.636. The molecule has 1 atom stereocenters. The van der Waals surface area contributed by atoms with E-state index in [4.69, 9.17) is 10.5 Å². The van der Waals surface area contributed by atoms with Crippen molar-refractivity contribution in [3.8, 4) is 0 Å². The van der Waals surface area contributed by atoms with Crippen LogP contribution in [0.5, 0.6) is 0 Å². The third-order valence-corrected chi connectivity index (χ3v) is 2.70. The van der Waals surface area contributed by atoms with Crippen LogP contribution >= 0.6 is 0 Å². The van der Waals surface area contributed by atoms with Crippen LogP contribution in [0.1, 0.15) is 24.1 Å².